The average Bonchev–Trinajstić information content (AvgIpc) is 2.67. The summed E-state index contributed by atoms with van der Waals surface area (Å²) >= 11 is 0. The summed E-state index contributed by atoms with van der Waals surface area (Å²) in [7, 11) is 0. The molecule has 3 aromatic rings. The SMILES string of the molecule is Cc1ccccc1CNC(=O)CNc1ccc(-c2ccccc2)cc1. The summed E-state index contributed by atoms with van der Waals surface area (Å²) in [4.78, 5) is 12.0. The van der Waals surface area contributed by atoms with Crippen LogP contribution in [0.5, 0.6) is 0 Å². The van der Waals surface area contributed by atoms with E-state index in [-0.39, 0.29) is 12.5 Å². The number of amides is 1. The zero-order chi connectivity index (χ0) is 17.5. The molecular formula is C22H22N2O. The van der Waals surface area contributed by atoms with E-state index >= 15 is 0 Å². The first-order valence-corrected chi connectivity index (χ1v) is 8.43. The van der Waals surface area contributed by atoms with Crippen molar-refractivity contribution in [1.29, 1.82) is 0 Å². The van der Waals surface area contributed by atoms with E-state index in [9.17, 15) is 4.79 Å². The lowest BCUT2D eigenvalue weighted by molar-refractivity contribution is -0.119. The molecule has 126 valence electrons. The van der Waals surface area contributed by atoms with Crippen LogP contribution >= 0.6 is 0 Å². The minimum Gasteiger partial charge on any atom is -0.376 e. The zero-order valence-electron chi connectivity index (χ0n) is 14.3. The number of hydrogen-bond donors (Lipinski definition) is 2. The van der Waals surface area contributed by atoms with Gasteiger partial charge in [-0.2, -0.15) is 0 Å². The van der Waals surface area contributed by atoms with Gasteiger partial charge in [0.2, 0.25) is 5.91 Å². The molecule has 0 aliphatic rings. The highest BCUT2D eigenvalue weighted by atomic mass is 16.1. The van der Waals surface area contributed by atoms with Gasteiger partial charge in [-0.15, -0.1) is 0 Å². The summed E-state index contributed by atoms with van der Waals surface area (Å²) in [6.45, 7) is 2.87. The second-order valence-electron chi connectivity index (χ2n) is 6.00. The quantitative estimate of drug-likeness (QED) is 0.704. The van der Waals surface area contributed by atoms with Crippen molar-refractivity contribution in [2.45, 2.75) is 13.5 Å². The van der Waals surface area contributed by atoms with Crippen molar-refractivity contribution in [3.8, 4) is 11.1 Å². The van der Waals surface area contributed by atoms with Crippen LogP contribution in [0.15, 0.2) is 78.9 Å². The Bertz CT molecular complexity index is 826. The van der Waals surface area contributed by atoms with Crippen LogP contribution in [0, 0.1) is 6.92 Å². The van der Waals surface area contributed by atoms with Gasteiger partial charge in [0, 0.05) is 12.2 Å². The van der Waals surface area contributed by atoms with Gasteiger partial charge in [0.25, 0.3) is 0 Å². The van der Waals surface area contributed by atoms with Crippen LogP contribution in [0.4, 0.5) is 5.69 Å². The van der Waals surface area contributed by atoms with Crippen molar-refractivity contribution in [3.63, 3.8) is 0 Å². The van der Waals surface area contributed by atoms with Gasteiger partial charge in [0.15, 0.2) is 0 Å². The third kappa shape index (κ3) is 4.70. The van der Waals surface area contributed by atoms with Gasteiger partial charge in [0.1, 0.15) is 0 Å². The molecule has 0 fully saturated rings. The Hall–Kier alpha value is -3.07. The number of rotatable bonds is 6. The first kappa shape index (κ1) is 16.8. The first-order chi connectivity index (χ1) is 12.2. The number of anilines is 1. The van der Waals surface area contributed by atoms with Gasteiger partial charge in [0.05, 0.1) is 6.54 Å². The predicted octanol–water partition coefficient (Wildman–Crippen LogP) is 4.39. The summed E-state index contributed by atoms with van der Waals surface area (Å²) in [5, 5.41) is 6.11. The third-order valence-corrected chi connectivity index (χ3v) is 4.18. The third-order valence-electron chi connectivity index (χ3n) is 4.18. The van der Waals surface area contributed by atoms with Crippen molar-refractivity contribution >= 4 is 11.6 Å². The topological polar surface area (TPSA) is 41.1 Å². The van der Waals surface area contributed by atoms with Crippen molar-refractivity contribution in [2.24, 2.45) is 0 Å². The molecule has 0 aromatic heterocycles. The highest BCUT2D eigenvalue weighted by Gasteiger charge is 2.03. The van der Waals surface area contributed by atoms with Crippen LogP contribution in [0.2, 0.25) is 0 Å². The van der Waals surface area contributed by atoms with Gasteiger partial charge in [-0.25, -0.2) is 0 Å². The van der Waals surface area contributed by atoms with Crippen LogP contribution in [0.25, 0.3) is 11.1 Å². The Kier molecular flexibility index (Phi) is 5.47. The van der Waals surface area contributed by atoms with Crippen molar-refractivity contribution in [3.05, 3.63) is 90.0 Å². The van der Waals surface area contributed by atoms with Crippen molar-refractivity contribution in [2.75, 3.05) is 11.9 Å². The highest BCUT2D eigenvalue weighted by Crippen LogP contribution is 2.20. The summed E-state index contributed by atoms with van der Waals surface area (Å²) in [6, 6.07) is 26.4. The highest BCUT2D eigenvalue weighted by molar-refractivity contribution is 5.80. The summed E-state index contributed by atoms with van der Waals surface area (Å²) < 4.78 is 0. The molecule has 0 atom stereocenters. The van der Waals surface area contributed by atoms with E-state index in [0.29, 0.717) is 6.54 Å². The number of nitrogens with one attached hydrogen (secondary N) is 2. The number of aryl methyl sites for hydroxylation is 1. The molecule has 0 saturated carbocycles. The lowest BCUT2D eigenvalue weighted by Crippen LogP contribution is -2.29. The van der Waals surface area contributed by atoms with Gasteiger partial charge < -0.3 is 10.6 Å². The van der Waals surface area contributed by atoms with Gasteiger partial charge in [-0.05, 0) is 41.3 Å². The lowest BCUT2D eigenvalue weighted by Gasteiger charge is -2.10. The molecule has 0 spiro atoms. The molecule has 0 saturated heterocycles. The molecular weight excluding hydrogens is 308 g/mol. The van der Waals surface area contributed by atoms with E-state index < -0.39 is 0 Å². The van der Waals surface area contributed by atoms with Gasteiger partial charge in [-0.1, -0.05) is 66.7 Å². The molecule has 3 nitrogen and oxygen atoms in total. The molecule has 0 aliphatic carbocycles. The average molecular weight is 330 g/mol. The molecule has 0 radical (unpaired) electrons. The van der Waals surface area contributed by atoms with Crippen LogP contribution in [-0.2, 0) is 11.3 Å². The van der Waals surface area contributed by atoms with Gasteiger partial charge in [-0.3, -0.25) is 4.79 Å². The number of carbonyl (C=O) groups excluding carboxylic acids is 1. The van der Waals surface area contributed by atoms with E-state index in [0.717, 1.165) is 16.8 Å². The van der Waals surface area contributed by atoms with E-state index in [1.165, 1.54) is 11.1 Å². The Morgan fingerprint density at radius 1 is 0.800 bits per heavy atom. The van der Waals surface area contributed by atoms with E-state index in [1.54, 1.807) is 0 Å². The number of hydrogen-bond acceptors (Lipinski definition) is 2. The largest absolute Gasteiger partial charge is 0.376 e. The smallest absolute Gasteiger partial charge is 0.239 e. The van der Waals surface area contributed by atoms with E-state index in [4.69, 9.17) is 0 Å². The summed E-state index contributed by atoms with van der Waals surface area (Å²) in [6.07, 6.45) is 0. The Labute approximate surface area is 148 Å². The van der Waals surface area contributed by atoms with Crippen molar-refractivity contribution in [1.82, 2.24) is 5.32 Å². The second kappa shape index (κ2) is 8.15. The minimum atomic E-state index is -0.0182. The molecule has 0 unspecified atom stereocenters. The normalized spacial score (nSPS) is 10.3. The predicted molar refractivity (Wildman–Crippen MR) is 103 cm³/mol. The number of carbonyl (C=O) groups is 1. The Morgan fingerprint density at radius 3 is 2.16 bits per heavy atom. The van der Waals surface area contributed by atoms with E-state index in [1.807, 2.05) is 61.5 Å². The summed E-state index contributed by atoms with van der Waals surface area (Å²) in [5.74, 6) is -0.0182. The van der Waals surface area contributed by atoms with Crippen molar-refractivity contribution < 1.29 is 4.79 Å². The fourth-order valence-electron chi connectivity index (χ4n) is 2.66. The number of benzene rings is 3. The minimum absolute atomic E-state index is 0.0182. The molecule has 1 amide bonds. The maximum absolute atomic E-state index is 12.0. The lowest BCUT2D eigenvalue weighted by atomic mass is 10.1. The maximum atomic E-state index is 12.0. The Morgan fingerprint density at radius 2 is 1.44 bits per heavy atom. The van der Waals surface area contributed by atoms with Crippen LogP contribution in [-0.4, -0.2) is 12.5 Å². The molecule has 0 aliphatic heterocycles. The molecule has 0 heterocycles. The fourth-order valence-corrected chi connectivity index (χ4v) is 2.66. The van der Waals surface area contributed by atoms with Crippen LogP contribution in [0.3, 0.4) is 0 Å². The van der Waals surface area contributed by atoms with Crippen LogP contribution < -0.4 is 10.6 Å². The summed E-state index contributed by atoms with van der Waals surface area (Å²) in [5.41, 5.74) is 5.61. The monoisotopic (exact) mass is 330 g/mol. The Balaban J connectivity index is 1.50. The zero-order valence-corrected chi connectivity index (χ0v) is 14.3. The molecule has 25 heavy (non-hydrogen) atoms. The fraction of sp³-hybridized carbons (Fsp3) is 0.136. The maximum Gasteiger partial charge on any atom is 0.239 e. The molecule has 0 bridgehead atoms. The van der Waals surface area contributed by atoms with Crippen LogP contribution in [0.1, 0.15) is 11.1 Å². The van der Waals surface area contributed by atoms with E-state index in [2.05, 4.69) is 34.9 Å². The standard InChI is InChI=1S/C22H22N2O/c1-17-7-5-6-10-20(17)15-24-22(25)16-23-21-13-11-19(12-14-21)18-8-3-2-4-9-18/h2-14,23H,15-16H2,1H3,(H,24,25). The second-order valence-corrected chi connectivity index (χ2v) is 6.00. The first-order valence-electron chi connectivity index (χ1n) is 8.43. The molecule has 3 rings (SSSR count). The molecule has 3 aromatic carbocycles. The molecule has 2 N–H and O–H groups in total. The molecule has 3 heteroatoms. The van der Waals surface area contributed by atoms with Gasteiger partial charge >= 0.3 is 0 Å².